The van der Waals surface area contributed by atoms with Crippen molar-refractivity contribution in [2.45, 2.75) is 19.7 Å². The highest BCUT2D eigenvalue weighted by atomic mass is 32.2. The van der Waals surface area contributed by atoms with Gasteiger partial charge >= 0.3 is 0 Å². The Morgan fingerprint density at radius 2 is 0.841 bits per heavy atom. The van der Waals surface area contributed by atoms with Gasteiger partial charge in [0.05, 0.1) is 0 Å². The summed E-state index contributed by atoms with van der Waals surface area (Å²) in [7, 11) is 0. The van der Waals surface area contributed by atoms with Gasteiger partial charge < -0.3 is 0 Å². The molecule has 0 amide bonds. The maximum Gasteiger partial charge on any atom is 0.115 e. The number of fused-ring (bicyclic) bond motifs is 8. The van der Waals surface area contributed by atoms with Crippen LogP contribution < -0.4 is 0 Å². The molecule has 0 N–H and O–H groups in total. The zero-order valence-electron chi connectivity index (χ0n) is 23.7. The summed E-state index contributed by atoms with van der Waals surface area (Å²) in [4.78, 5) is 8.38. The van der Waals surface area contributed by atoms with Crippen LogP contribution in [0.3, 0.4) is 0 Å². The van der Waals surface area contributed by atoms with E-state index in [1.165, 1.54) is 80.4 Å². The predicted molar refractivity (Wildman–Crippen MR) is 188 cm³/mol. The van der Waals surface area contributed by atoms with E-state index in [4.69, 9.17) is 0 Å². The summed E-state index contributed by atoms with van der Waals surface area (Å²) in [5, 5.41) is 8.90. The fraction of sp³-hybridized carbons (Fsp3) is 0. The molecule has 1 aromatic heterocycles. The van der Waals surface area contributed by atoms with E-state index < -0.39 is 0 Å². The van der Waals surface area contributed by atoms with Crippen molar-refractivity contribution in [3.63, 3.8) is 0 Å². The predicted octanol–water partition coefficient (Wildman–Crippen LogP) is 12.2. The molecule has 0 atom stereocenters. The van der Waals surface area contributed by atoms with Gasteiger partial charge in [-0.1, -0.05) is 127 Å². The molecule has 1 aliphatic heterocycles. The van der Waals surface area contributed by atoms with Crippen LogP contribution in [0.2, 0.25) is 0 Å². The molecule has 7 aromatic carbocycles. The van der Waals surface area contributed by atoms with Gasteiger partial charge in [-0.15, -0.1) is 0 Å². The third-order valence-corrected chi connectivity index (χ3v) is 11.0. The Bertz CT molecular complexity index is 2370. The van der Waals surface area contributed by atoms with Gasteiger partial charge in [-0.3, -0.25) is 0 Å². The molecule has 206 valence electrons. The average Bonchev–Trinajstić information content (AvgIpc) is 3.10. The first kappa shape index (κ1) is 25.6. The Labute approximate surface area is 264 Å². The zero-order chi connectivity index (χ0) is 29.0. The fourth-order valence-electron chi connectivity index (χ4n) is 6.45. The summed E-state index contributed by atoms with van der Waals surface area (Å²) in [5.74, 6) is 0. The number of nitrogens with zero attached hydrogens (tertiary/aromatic N) is 1. The lowest BCUT2D eigenvalue weighted by molar-refractivity contribution is 1.01. The van der Waals surface area contributed by atoms with Gasteiger partial charge in [0.15, 0.2) is 0 Å². The Kier molecular flexibility index (Phi) is 6.07. The first-order chi connectivity index (χ1) is 21.8. The quantitative estimate of drug-likeness (QED) is 0.189. The van der Waals surface area contributed by atoms with Gasteiger partial charge in [0.25, 0.3) is 0 Å². The molecule has 0 bridgehead atoms. The normalized spacial score (nSPS) is 12.4. The lowest BCUT2D eigenvalue weighted by Crippen LogP contribution is -1.92. The smallest absolute Gasteiger partial charge is 0.115 e. The molecule has 8 aromatic rings. The van der Waals surface area contributed by atoms with Crippen LogP contribution in [0.25, 0.3) is 65.7 Å². The van der Waals surface area contributed by atoms with Crippen molar-refractivity contribution < 1.29 is 0 Å². The van der Waals surface area contributed by atoms with Crippen LogP contribution in [0.5, 0.6) is 0 Å². The van der Waals surface area contributed by atoms with Crippen LogP contribution in [0.1, 0.15) is 0 Å². The summed E-state index contributed by atoms with van der Waals surface area (Å²) in [6.45, 7) is 0. The molecular weight excluding hydrogens is 571 g/mol. The number of rotatable bonds is 3. The van der Waals surface area contributed by atoms with Crippen LogP contribution >= 0.6 is 23.5 Å². The highest BCUT2D eigenvalue weighted by Crippen LogP contribution is 2.48. The van der Waals surface area contributed by atoms with Crippen LogP contribution in [0, 0.1) is 0 Å². The first-order valence-electron chi connectivity index (χ1n) is 14.8. The summed E-state index contributed by atoms with van der Waals surface area (Å²) >= 11 is 3.57. The standard InChI is InChI=1S/C41H25NS2/c1-2-14-34-32(12-1)33-13-3-4-15-35(33)37-24-30(17-19-36(34)37)28-10-5-8-26(22-28)27-9-6-11-29(23-27)31-18-20-38-40(25-31)44-41-39(43-38)16-7-21-42-41/h1-25H. The lowest BCUT2D eigenvalue weighted by Gasteiger charge is -2.18. The number of pyridine rings is 1. The minimum Gasteiger partial charge on any atom is -0.248 e. The van der Waals surface area contributed by atoms with Crippen LogP contribution in [0.15, 0.2) is 172 Å². The zero-order valence-corrected chi connectivity index (χ0v) is 25.3. The maximum absolute atomic E-state index is 4.59. The molecule has 44 heavy (non-hydrogen) atoms. The topological polar surface area (TPSA) is 12.9 Å². The largest absolute Gasteiger partial charge is 0.248 e. The minimum atomic E-state index is 1.09. The summed E-state index contributed by atoms with van der Waals surface area (Å²) < 4.78 is 0. The summed E-state index contributed by atoms with van der Waals surface area (Å²) in [5.41, 5.74) is 7.33. The van der Waals surface area contributed by atoms with Gasteiger partial charge in [-0.25, -0.2) is 4.98 Å². The van der Waals surface area contributed by atoms with Crippen molar-refractivity contribution in [2.24, 2.45) is 0 Å². The van der Waals surface area contributed by atoms with E-state index in [0.717, 1.165) is 5.03 Å². The fourth-order valence-corrected chi connectivity index (χ4v) is 8.61. The van der Waals surface area contributed by atoms with Gasteiger partial charge in [-0.2, -0.15) is 0 Å². The average molecular weight is 596 g/mol. The van der Waals surface area contributed by atoms with Gasteiger partial charge in [0.1, 0.15) is 5.03 Å². The van der Waals surface area contributed by atoms with E-state index in [2.05, 4.69) is 145 Å². The lowest BCUT2D eigenvalue weighted by atomic mass is 9.91. The molecule has 2 heterocycles. The van der Waals surface area contributed by atoms with Crippen molar-refractivity contribution >= 4 is 55.8 Å². The third kappa shape index (κ3) is 4.31. The highest BCUT2D eigenvalue weighted by Gasteiger charge is 2.18. The highest BCUT2D eigenvalue weighted by molar-refractivity contribution is 8.05. The second kappa shape index (κ2) is 10.4. The van der Waals surface area contributed by atoms with Crippen molar-refractivity contribution in [1.82, 2.24) is 4.98 Å². The Morgan fingerprint density at radius 3 is 1.48 bits per heavy atom. The van der Waals surface area contributed by atoms with Crippen molar-refractivity contribution in [2.75, 3.05) is 0 Å². The Balaban J connectivity index is 1.10. The molecule has 0 radical (unpaired) electrons. The van der Waals surface area contributed by atoms with Crippen molar-refractivity contribution in [3.05, 3.63) is 152 Å². The van der Waals surface area contributed by atoms with Gasteiger partial charge in [0, 0.05) is 20.9 Å². The molecule has 1 nitrogen and oxygen atoms in total. The maximum atomic E-state index is 4.59. The van der Waals surface area contributed by atoms with Crippen molar-refractivity contribution in [3.8, 4) is 33.4 Å². The van der Waals surface area contributed by atoms with E-state index in [0.29, 0.717) is 0 Å². The van der Waals surface area contributed by atoms with E-state index in [1.54, 1.807) is 23.5 Å². The molecule has 1 aliphatic rings. The molecule has 0 spiro atoms. The number of benzene rings is 7. The molecule has 9 rings (SSSR count). The van der Waals surface area contributed by atoms with E-state index in [-0.39, 0.29) is 0 Å². The molecule has 3 heteroatoms. The molecule has 0 fully saturated rings. The Hall–Kier alpha value is -4.83. The number of hydrogen-bond donors (Lipinski definition) is 0. The summed E-state index contributed by atoms with van der Waals surface area (Å²) in [6, 6.07) is 53.3. The Morgan fingerprint density at radius 1 is 0.318 bits per heavy atom. The number of aromatic nitrogens is 1. The second-order valence-electron chi connectivity index (χ2n) is 11.2. The summed E-state index contributed by atoms with van der Waals surface area (Å²) in [6.07, 6.45) is 1.88. The molecular formula is C41H25NS2. The van der Waals surface area contributed by atoms with Crippen molar-refractivity contribution in [1.29, 1.82) is 0 Å². The molecule has 0 aliphatic carbocycles. The minimum absolute atomic E-state index is 1.09. The molecule has 0 saturated carbocycles. The molecule has 0 unspecified atom stereocenters. The van der Waals surface area contributed by atoms with Crippen LogP contribution in [-0.2, 0) is 0 Å². The van der Waals surface area contributed by atoms with E-state index in [9.17, 15) is 0 Å². The van der Waals surface area contributed by atoms with Gasteiger partial charge in [-0.05, 0) is 108 Å². The van der Waals surface area contributed by atoms with E-state index in [1.807, 2.05) is 12.3 Å². The second-order valence-corrected chi connectivity index (χ2v) is 13.3. The monoisotopic (exact) mass is 595 g/mol. The van der Waals surface area contributed by atoms with Crippen LogP contribution in [0.4, 0.5) is 0 Å². The molecule has 0 saturated heterocycles. The number of hydrogen-bond acceptors (Lipinski definition) is 3. The first-order valence-corrected chi connectivity index (χ1v) is 16.4. The third-order valence-electron chi connectivity index (χ3n) is 8.58. The van der Waals surface area contributed by atoms with Gasteiger partial charge in [0.2, 0.25) is 0 Å². The van der Waals surface area contributed by atoms with Crippen LogP contribution in [-0.4, -0.2) is 4.98 Å². The van der Waals surface area contributed by atoms with E-state index >= 15 is 0 Å². The SMILES string of the molecule is c1cc(-c2cccc(-c3ccc4c5ccccc5c5ccccc5c4c3)c2)cc(-c2ccc3c(c2)Sc2ncccc2S3)c1.